The number of ether oxygens (including phenoxy) is 2. The molecule has 2 N–H and O–H groups in total. The molecule has 0 saturated heterocycles. The van der Waals surface area contributed by atoms with Crippen LogP contribution in [-0.4, -0.2) is 50.9 Å². The molecule has 0 aliphatic rings. The van der Waals surface area contributed by atoms with E-state index in [9.17, 15) is 10.1 Å². The van der Waals surface area contributed by atoms with Crippen molar-refractivity contribution in [3.63, 3.8) is 0 Å². The molecule has 0 amide bonds. The lowest BCUT2D eigenvalue weighted by Gasteiger charge is -2.12. The molecular weight excluding hydrogens is 451 g/mol. The molecule has 1 aromatic carbocycles. The van der Waals surface area contributed by atoms with Gasteiger partial charge in [0.1, 0.15) is 0 Å². The smallest absolute Gasteiger partial charge is 0.269 e. The lowest BCUT2D eigenvalue weighted by molar-refractivity contribution is -0.384. The summed E-state index contributed by atoms with van der Waals surface area (Å²) < 4.78 is 10.4. The minimum absolute atomic E-state index is 0. The highest BCUT2D eigenvalue weighted by molar-refractivity contribution is 14.0. The van der Waals surface area contributed by atoms with Gasteiger partial charge < -0.3 is 20.1 Å². The number of nitrogens with one attached hydrogen (secondary N) is 2. The number of methoxy groups -OCH3 is 1. The van der Waals surface area contributed by atoms with Gasteiger partial charge in [-0.05, 0) is 25.3 Å². The molecule has 0 aromatic heterocycles. The molecule has 1 rings (SSSR count). The number of hydrogen-bond donors (Lipinski definition) is 2. The second-order valence-corrected chi connectivity index (χ2v) is 5.34. The fourth-order valence-electron chi connectivity index (χ4n) is 2.02. The largest absolute Gasteiger partial charge is 0.385 e. The lowest BCUT2D eigenvalue weighted by Crippen LogP contribution is -2.39. The molecule has 0 aliphatic heterocycles. The second-order valence-electron chi connectivity index (χ2n) is 5.34. The summed E-state index contributed by atoms with van der Waals surface area (Å²) in [5, 5.41) is 17.2. The monoisotopic (exact) mass is 480 g/mol. The molecule has 0 atom stereocenters. The van der Waals surface area contributed by atoms with Crippen molar-refractivity contribution < 1.29 is 14.4 Å². The molecule has 0 fully saturated rings. The Morgan fingerprint density at radius 3 is 2.31 bits per heavy atom. The molecule has 8 nitrogen and oxygen atoms in total. The van der Waals surface area contributed by atoms with Crippen LogP contribution in [0.2, 0.25) is 0 Å². The van der Waals surface area contributed by atoms with Crippen molar-refractivity contribution in [2.75, 3.05) is 40.0 Å². The zero-order valence-corrected chi connectivity index (χ0v) is 17.7. The van der Waals surface area contributed by atoms with Crippen LogP contribution in [0.3, 0.4) is 0 Å². The average Bonchev–Trinajstić information content (AvgIpc) is 2.62. The highest BCUT2D eigenvalue weighted by atomic mass is 127. The highest BCUT2D eigenvalue weighted by Crippen LogP contribution is 2.12. The lowest BCUT2D eigenvalue weighted by atomic mass is 10.2. The number of nitro benzene ring substituents is 1. The van der Waals surface area contributed by atoms with Crippen LogP contribution in [-0.2, 0) is 16.0 Å². The minimum atomic E-state index is -0.407. The van der Waals surface area contributed by atoms with Gasteiger partial charge in [-0.3, -0.25) is 10.1 Å². The van der Waals surface area contributed by atoms with Crippen molar-refractivity contribution in [2.24, 2.45) is 4.99 Å². The number of aliphatic imine (C=N–C) groups is 1. The molecule has 0 spiro atoms. The Kier molecular flexibility index (Phi) is 14.9. The Morgan fingerprint density at radius 2 is 1.77 bits per heavy atom. The number of guanidine groups is 1. The Labute approximate surface area is 171 Å². The van der Waals surface area contributed by atoms with Crippen LogP contribution < -0.4 is 10.6 Å². The van der Waals surface area contributed by atoms with Crippen molar-refractivity contribution in [3.8, 4) is 0 Å². The zero-order valence-electron chi connectivity index (χ0n) is 15.4. The molecule has 0 aliphatic carbocycles. The van der Waals surface area contributed by atoms with Gasteiger partial charge in [0, 0.05) is 52.2 Å². The summed E-state index contributed by atoms with van der Waals surface area (Å²) in [6.45, 7) is 6.05. The highest BCUT2D eigenvalue weighted by Gasteiger charge is 2.04. The van der Waals surface area contributed by atoms with Gasteiger partial charge in [-0.1, -0.05) is 12.1 Å². The summed E-state index contributed by atoms with van der Waals surface area (Å²) in [6.07, 6.45) is 1.78. The Bertz CT molecular complexity index is 526. The Hall–Kier alpha value is -1.46. The first-order chi connectivity index (χ1) is 12.2. The molecular formula is C17H29IN4O4. The summed E-state index contributed by atoms with van der Waals surface area (Å²) in [7, 11) is 1.68. The first-order valence-corrected chi connectivity index (χ1v) is 8.49. The summed E-state index contributed by atoms with van der Waals surface area (Å²) in [5.74, 6) is 0.714. The van der Waals surface area contributed by atoms with E-state index in [0.29, 0.717) is 25.7 Å². The van der Waals surface area contributed by atoms with E-state index in [4.69, 9.17) is 9.47 Å². The summed E-state index contributed by atoms with van der Waals surface area (Å²) in [4.78, 5) is 14.8. The van der Waals surface area contributed by atoms with Gasteiger partial charge in [0.2, 0.25) is 0 Å². The Morgan fingerprint density at radius 1 is 1.15 bits per heavy atom. The van der Waals surface area contributed by atoms with Crippen molar-refractivity contribution >= 4 is 35.6 Å². The average molecular weight is 480 g/mol. The maximum atomic E-state index is 10.7. The number of nitro groups is 1. The van der Waals surface area contributed by atoms with Gasteiger partial charge in [-0.25, -0.2) is 4.99 Å². The number of hydrogen-bond acceptors (Lipinski definition) is 5. The number of benzene rings is 1. The van der Waals surface area contributed by atoms with Crippen LogP contribution in [0.25, 0.3) is 0 Å². The normalized spacial score (nSPS) is 10.9. The van der Waals surface area contributed by atoms with E-state index in [1.54, 1.807) is 19.2 Å². The van der Waals surface area contributed by atoms with E-state index in [2.05, 4.69) is 15.6 Å². The van der Waals surface area contributed by atoms with Crippen LogP contribution in [0.1, 0.15) is 25.3 Å². The van der Waals surface area contributed by atoms with Crippen LogP contribution in [0, 0.1) is 10.1 Å². The first-order valence-electron chi connectivity index (χ1n) is 8.49. The van der Waals surface area contributed by atoms with Gasteiger partial charge in [0.05, 0.1) is 11.5 Å². The minimum Gasteiger partial charge on any atom is -0.385 e. The second kappa shape index (κ2) is 15.8. The van der Waals surface area contributed by atoms with Crippen molar-refractivity contribution in [2.45, 2.75) is 26.3 Å². The fourth-order valence-corrected chi connectivity index (χ4v) is 2.02. The topological polar surface area (TPSA) is 98.0 Å². The third-order valence-corrected chi connectivity index (χ3v) is 3.35. The first kappa shape index (κ1) is 24.5. The predicted octanol–water partition coefficient (Wildman–Crippen LogP) is 2.71. The number of non-ortho nitro benzene ring substituents is 1. The summed E-state index contributed by atoms with van der Waals surface area (Å²) in [6, 6.07) is 6.43. The number of nitrogens with zero attached hydrogens (tertiary/aromatic N) is 2. The Balaban J connectivity index is 0.00000625. The number of rotatable bonds is 12. The predicted molar refractivity (Wildman–Crippen MR) is 113 cm³/mol. The van der Waals surface area contributed by atoms with Crippen LogP contribution in [0.15, 0.2) is 29.3 Å². The molecule has 9 heteroatoms. The van der Waals surface area contributed by atoms with E-state index in [1.165, 1.54) is 12.1 Å². The van der Waals surface area contributed by atoms with Gasteiger partial charge in [0.25, 0.3) is 5.69 Å². The summed E-state index contributed by atoms with van der Waals surface area (Å²) >= 11 is 0. The van der Waals surface area contributed by atoms with E-state index >= 15 is 0 Å². The van der Waals surface area contributed by atoms with Crippen molar-refractivity contribution in [1.29, 1.82) is 0 Å². The molecule has 0 bridgehead atoms. The van der Waals surface area contributed by atoms with Crippen LogP contribution >= 0.6 is 24.0 Å². The third kappa shape index (κ3) is 11.2. The maximum Gasteiger partial charge on any atom is 0.269 e. The fraction of sp³-hybridized carbons (Fsp3) is 0.588. The zero-order chi connectivity index (χ0) is 18.3. The molecule has 148 valence electrons. The van der Waals surface area contributed by atoms with E-state index in [-0.39, 0.29) is 29.7 Å². The van der Waals surface area contributed by atoms with E-state index < -0.39 is 4.92 Å². The molecule has 0 unspecified atom stereocenters. The van der Waals surface area contributed by atoms with Gasteiger partial charge >= 0.3 is 0 Å². The molecule has 26 heavy (non-hydrogen) atoms. The van der Waals surface area contributed by atoms with Crippen molar-refractivity contribution in [1.82, 2.24) is 10.6 Å². The SMILES string of the molecule is CCOCCCNC(=NCc1ccc([N+](=O)[O-])cc1)NCCCOC.I. The molecule has 0 saturated carbocycles. The molecule has 0 radical (unpaired) electrons. The summed E-state index contributed by atoms with van der Waals surface area (Å²) in [5.41, 5.74) is 0.998. The van der Waals surface area contributed by atoms with Crippen LogP contribution in [0.4, 0.5) is 5.69 Å². The quantitative estimate of drug-likeness (QED) is 0.119. The standard InChI is InChI=1S/C17H28N4O4.HI/c1-3-25-13-5-11-19-17(18-10-4-12-24-2)20-14-15-6-8-16(9-7-15)21(22)23;/h6-9H,3-5,10-14H2,1-2H3,(H2,18,19,20);1H. The van der Waals surface area contributed by atoms with Crippen LogP contribution in [0.5, 0.6) is 0 Å². The maximum absolute atomic E-state index is 10.7. The third-order valence-electron chi connectivity index (χ3n) is 3.35. The van der Waals surface area contributed by atoms with Gasteiger partial charge in [-0.2, -0.15) is 0 Å². The van der Waals surface area contributed by atoms with Crippen molar-refractivity contribution in [3.05, 3.63) is 39.9 Å². The van der Waals surface area contributed by atoms with E-state index in [1.807, 2.05) is 6.92 Å². The molecule has 1 aromatic rings. The number of halogens is 1. The van der Waals surface area contributed by atoms with E-state index in [0.717, 1.165) is 38.1 Å². The van der Waals surface area contributed by atoms with Gasteiger partial charge in [-0.15, -0.1) is 24.0 Å². The molecule has 0 heterocycles. The van der Waals surface area contributed by atoms with Gasteiger partial charge in [0.15, 0.2) is 5.96 Å².